The van der Waals surface area contributed by atoms with Gasteiger partial charge >= 0.3 is 0 Å². The molecule has 1 aromatic heterocycles. The SMILES string of the molecule is [CH2]Cc1ccc(-n2nc(C)c(C3CCCCC3)c2C)cc1. The van der Waals surface area contributed by atoms with Crippen molar-refractivity contribution >= 4 is 0 Å². The van der Waals surface area contributed by atoms with Gasteiger partial charge in [-0.25, -0.2) is 4.68 Å². The van der Waals surface area contributed by atoms with Gasteiger partial charge in [-0.05, 0) is 69.2 Å². The monoisotopic (exact) mass is 281 g/mol. The number of hydrogen-bond acceptors (Lipinski definition) is 1. The van der Waals surface area contributed by atoms with Crippen molar-refractivity contribution in [3.8, 4) is 5.69 Å². The lowest BCUT2D eigenvalue weighted by Gasteiger charge is -2.22. The van der Waals surface area contributed by atoms with Crippen LogP contribution < -0.4 is 0 Å². The third kappa shape index (κ3) is 2.76. The molecule has 2 nitrogen and oxygen atoms in total. The molecule has 0 aliphatic heterocycles. The molecule has 1 radical (unpaired) electrons. The zero-order chi connectivity index (χ0) is 14.8. The van der Waals surface area contributed by atoms with Crippen LogP contribution in [0.5, 0.6) is 0 Å². The highest BCUT2D eigenvalue weighted by atomic mass is 15.3. The van der Waals surface area contributed by atoms with Crippen molar-refractivity contribution < 1.29 is 0 Å². The van der Waals surface area contributed by atoms with E-state index >= 15 is 0 Å². The highest BCUT2D eigenvalue weighted by Gasteiger charge is 2.23. The van der Waals surface area contributed by atoms with Gasteiger partial charge in [-0.15, -0.1) is 0 Å². The molecule has 111 valence electrons. The van der Waals surface area contributed by atoms with Gasteiger partial charge in [0.15, 0.2) is 0 Å². The van der Waals surface area contributed by atoms with Crippen LogP contribution in [0.2, 0.25) is 0 Å². The van der Waals surface area contributed by atoms with Gasteiger partial charge < -0.3 is 0 Å². The predicted octanol–water partition coefficient (Wildman–Crippen LogP) is 4.91. The van der Waals surface area contributed by atoms with Crippen molar-refractivity contribution in [1.29, 1.82) is 0 Å². The summed E-state index contributed by atoms with van der Waals surface area (Å²) >= 11 is 0. The van der Waals surface area contributed by atoms with Crippen molar-refractivity contribution in [3.05, 3.63) is 53.7 Å². The van der Waals surface area contributed by atoms with Crippen molar-refractivity contribution in [2.75, 3.05) is 0 Å². The van der Waals surface area contributed by atoms with E-state index in [4.69, 9.17) is 5.10 Å². The maximum atomic E-state index is 4.81. The fourth-order valence-corrected chi connectivity index (χ4v) is 3.69. The first-order chi connectivity index (χ1) is 10.2. The fourth-order valence-electron chi connectivity index (χ4n) is 3.69. The molecule has 0 amide bonds. The quantitative estimate of drug-likeness (QED) is 0.781. The summed E-state index contributed by atoms with van der Waals surface area (Å²) in [5.74, 6) is 0.714. The molecule has 3 rings (SSSR count). The van der Waals surface area contributed by atoms with Crippen LogP contribution in [0.3, 0.4) is 0 Å². The summed E-state index contributed by atoms with van der Waals surface area (Å²) in [5.41, 5.74) is 6.46. The second kappa shape index (κ2) is 6.05. The summed E-state index contributed by atoms with van der Waals surface area (Å²) in [6, 6.07) is 8.62. The molecular formula is C19H25N2. The summed E-state index contributed by atoms with van der Waals surface area (Å²) in [6.07, 6.45) is 7.63. The van der Waals surface area contributed by atoms with Crippen LogP contribution in [-0.2, 0) is 6.42 Å². The zero-order valence-corrected chi connectivity index (χ0v) is 13.2. The molecule has 1 aliphatic rings. The van der Waals surface area contributed by atoms with Gasteiger partial charge in [0.05, 0.1) is 11.4 Å². The maximum Gasteiger partial charge on any atom is 0.0649 e. The van der Waals surface area contributed by atoms with E-state index in [0.717, 1.165) is 12.1 Å². The Morgan fingerprint density at radius 2 is 1.76 bits per heavy atom. The largest absolute Gasteiger partial charge is 0.238 e. The number of rotatable bonds is 3. The van der Waals surface area contributed by atoms with Crippen LogP contribution in [-0.4, -0.2) is 9.78 Å². The molecule has 21 heavy (non-hydrogen) atoms. The van der Waals surface area contributed by atoms with Crippen LogP contribution in [0.4, 0.5) is 0 Å². The van der Waals surface area contributed by atoms with E-state index < -0.39 is 0 Å². The molecule has 1 fully saturated rings. The van der Waals surface area contributed by atoms with Gasteiger partial charge in [-0.3, -0.25) is 0 Å². The van der Waals surface area contributed by atoms with Gasteiger partial charge in [0.25, 0.3) is 0 Å². The minimum absolute atomic E-state index is 0.714. The van der Waals surface area contributed by atoms with E-state index in [1.165, 1.54) is 54.6 Å². The zero-order valence-electron chi connectivity index (χ0n) is 13.2. The Labute approximate surface area is 128 Å². The average Bonchev–Trinajstić information content (AvgIpc) is 2.83. The molecule has 0 spiro atoms. The second-order valence-electron chi connectivity index (χ2n) is 6.25. The Bertz CT molecular complexity index is 601. The summed E-state index contributed by atoms with van der Waals surface area (Å²) in [7, 11) is 0. The second-order valence-corrected chi connectivity index (χ2v) is 6.25. The molecule has 2 aromatic rings. The molecule has 0 atom stereocenters. The van der Waals surface area contributed by atoms with Gasteiger partial charge in [-0.2, -0.15) is 5.10 Å². The van der Waals surface area contributed by atoms with E-state index in [0.29, 0.717) is 5.92 Å². The lowest BCUT2D eigenvalue weighted by molar-refractivity contribution is 0.441. The lowest BCUT2D eigenvalue weighted by atomic mass is 9.83. The van der Waals surface area contributed by atoms with E-state index in [9.17, 15) is 0 Å². The molecule has 0 unspecified atom stereocenters. The smallest absolute Gasteiger partial charge is 0.0649 e. The van der Waals surface area contributed by atoms with Gasteiger partial charge in [-0.1, -0.05) is 31.4 Å². The minimum atomic E-state index is 0.714. The highest BCUT2D eigenvalue weighted by Crippen LogP contribution is 2.36. The van der Waals surface area contributed by atoms with Crippen LogP contribution >= 0.6 is 0 Å². The Morgan fingerprint density at radius 3 is 2.38 bits per heavy atom. The molecule has 1 aliphatic carbocycles. The molecule has 0 bridgehead atoms. The fraction of sp³-hybridized carbons (Fsp3) is 0.474. The van der Waals surface area contributed by atoms with Gasteiger partial charge in [0.1, 0.15) is 0 Å². The highest BCUT2D eigenvalue weighted by molar-refractivity contribution is 5.40. The lowest BCUT2D eigenvalue weighted by Crippen LogP contribution is -2.07. The number of nitrogens with zero attached hydrogens (tertiary/aromatic N) is 2. The number of hydrogen-bond donors (Lipinski definition) is 0. The third-order valence-corrected chi connectivity index (χ3v) is 4.83. The first kappa shape index (κ1) is 14.4. The molecular weight excluding hydrogens is 256 g/mol. The number of aryl methyl sites for hydroxylation is 1. The molecule has 0 saturated heterocycles. The van der Waals surface area contributed by atoms with Gasteiger partial charge in [0.2, 0.25) is 0 Å². The summed E-state index contributed by atoms with van der Waals surface area (Å²) in [6.45, 7) is 8.32. The van der Waals surface area contributed by atoms with E-state index in [1.54, 1.807) is 0 Å². The Morgan fingerprint density at radius 1 is 1.10 bits per heavy atom. The number of benzene rings is 1. The topological polar surface area (TPSA) is 17.8 Å². The molecule has 2 heteroatoms. The Kier molecular flexibility index (Phi) is 4.14. The summed E-state index contributed by atoms with van der Waals surface area (Å²) in [5, 5.41) is 4.81. The van der Waals surface area contributed by atoms with Crippen LogP contribution in [0.25, 0.3) is 5.69 Å². The molecule has 0 N–H and O–H groups in total. The van der Waals surface area contributed by atoms with Crippen molar-refractivity contribution in [2.24, 2.45) is 0 Å². The first-order valence-electron chi connectivity index (χ1n) is 8.15. The van der Waals surface area contributed by atoms with Crippen LogP contribution in [0, 0.1) is 20.8 Å². The van der Waals surface area contributed by atoms with E-state index in [2.05, 4.69) is 49.7 Å². The summed E-state index contributed by atoms with van der Waals surface area (Å²) in [4.78, 5) is 0. The Balaban J connectivity index is 1.96. The van der Waals surface area contributed by atoms with Crippen LogP contribution in [0.1, 0.15) is 60.5 Å². The Hall–Kier alpha value is -1.57. The van der Waals surface area contributed by atoms with E-state index in [-0.39, 0.29) is 0 Å². The van der Waals surface area contributed by atoms with Crippen molar-refractivity contribution in [1.82, 2.24) is 9.78 Å². The summed E-state index contributed by atoms with van der Waals surface area (Å²) < 4.78 is 2.12. The van der Waals surface area contributed by atoms with Crippen molar-refractivity contribution in [2.45, 2.75) is 58.3 Å². The maximum absolute atomic E-state index is 4.81. The molecule has 1 saturated carbocycles. The molecule has 1 aromatic carbocycles. The normalized spacial score (nSPS) is 16.3. The van der Waals surface area contributed by atoms with E-state index in [1.807, 2.05) is 0 Å². The minimum Gasteiger partial charge on any atom is -0.238 e. The molecule has 1 heterocycles. The number of aromatic nitrogens is 2. The van der Waals surface area contributed by atoms with Crippen LogP contribution in [0.15, 0.2) is 24.3 Å². The third-order valence-electron chi connectivity index (χ3n) is 4.83. The van der Waals surface area contributed by atoms with Crippen molar-refractivity contribution in [3.63, 3.8) is 0 Å². The average molecular weight is 281 g/mol. The first-order valence-corrected chi connectivity index (χ1v) is 8.15. The van der Waals surface area contributed by atoms with Gasteiger partial charge in [0, 0.05) is 5.69 Å². The predicted molar refractivity (Wildman–Crippen MR) is 87.9 cm³/mol. The standard InChI is InChI=1S/C19H25N2/c1-4-16-10-12-18(13-11-16)21-15(3)19(14(2)20-21)17-8-6-5-7-9-17/h10-13,17H,1,4-9H2,2-3H3.